The van der Waals surface area contributed by atoms with Crippen molar-refractivity contribution in [1.82, 2.24) is 4.90 Å². The second-order valence-electron chi connectivity index (χ2n) is 7.47. The van der Waals surface area contributed by atoms with Crippen LogP contribution < -0.4 is 0 Å². The van der Waals surface area contributed by atoms with Crippen LogP contribution in [0.5, 0.6) is 0 Å². The van der Waals surface area contributed by atoms with E-state index in [1.807, 2.05) is 18.2 Å². The van der Waals surface area contributed by atoms with Gasteiger partial charge in [0.05, 0.1) is 0 Å². The fourth-order valence-corrected chi connectivity index (χ4v) is 3.31. The average molecular weight is 384 g/mol. The van der Waals surface area contributed by atoms with E-state index < -0.39 is 0 Å². The van der Waals surface area contributed by atoms with Gasteiger partial charge < -0.3 is 4.90 Å². The van der Waals surface area contributed by atoms with Gasteiger partial charge in [0.2, 0.25) is 0 Å². The number of rotatable bonds is 8. The number of nitrogens with zero attached hydrogens (tertiary/aromatic N) is 1. The lowest BCUT2D eigenvalue weighted by molar-refractivity contribution is 0.528. The molecule has 1 unspecified atom stereocenters. The summed E-state index contributed by atoms with van der Waals surface area (Å²) < 4.78 is 0. The monoisotopic (exact) mass is 383 g/mol. The van der Waals surface area contributed by atoms with Gasteiger partial charge in [-0.2, -0.15) is 0 Å². The molecule has 0 aliphatic heterocycles. The molecule has 1 aromatic carbocycles. The SMILES string of the molecule is C=C/C=C\C=C(/C)N(C1=CC(C)CC=C1)/C(C)=C/C=C(\C=C)c1ccc(C)cc1. The summed E-state index contributed by atoms with van der Waals surface area (Å²) in [6.07, 6.45) is 22.0. The first kappa shape index (κ1) is 22.2. The average Bonchev–Trinajstić information content (AvgIpc) is 2.70. The Labute approximate surface area is 177 Å². The van der Waals surface area contributed by atoms with Gasteiger partial charge in [-0.05, 0) is 62.5 Å². The molecule has 1 aliphatic carbocycles. The third kappa shape index (κ3) is 6.50. The highest BCUT2D eigenvalue weighted by Crippen LogP contribution is 2.27. The first-order valence-electron chi connectivity index (χ1n) is 10.2. The van der Waals surface area contributed by atoms with Gasteiger partial charge in [0.1, 0.15) is 0 Å². The number of aryl methyl sites for hydroxylation is 1. The second kappa shape index (κ2) is 11.1. The van der Waals surface area contributed by atoms with E-state index >= 15 is 0 Å². The predicted octanol–water partition coefficient (Wildman–Crippen LogP) is 7.90. The van der Waals surface area contributed by atoms with Crippen molar-refractivity contribution in [3.05, 3.63) is 126 Å². The summed E-state index contributed by atoms with van der Waals surface area (Å²) in [5.74, 6) is 0.536. The Morgan fingerprint density at radius 1 is 1.00 bits per heavy atom. The maximum Gasteiger partial charge on any atom is 0.0414 e. The molecule has 29 heavy (non-hydrogen) atoms. The third-order valence-corrected chi connectivity index (χ3v) is 4.91. The van der Waals surface area contributed by atoms with E-state index in [9.17, 15) is 0 Å². The van der Waals surface area contributed by atoms with E-state index in [2.05, 4.69) is 106 Å². The van der Waals surface area contributed by atoms with E-state index in [4.69, 9.17) is 0 Å². The van der Waals surface area contributed by atoms with Gasteiger partial charge in [0.25, 0.3) is 0 Å². The molecule has 0 heterocycles. The van der Waals surface area contributed by atoms with Crippen LogP contribution in [0.1, 0.15) is 38.3 Å². The predicted molar refractivity (Wildman–Crippen MR) is 129 cm³/mol. The molecule has 1 atom stereocenters. The van der Waals surface area contributed by atoms with Gasteiger partial charge >= 0.3 is 0 Å². The number of hydrogen-bond donors (Lipinski definition) is 0. The lowest BCUT2D eigenvalue weighted by atomic mass is 10.00. The third-order valence-electron chi connectivity index (χ3n) is 4.91. The van der Waals surface area contributed by atoms with Gasteiger partial charge in [0.15, 0.2) is 0 Å². The molecule has 150 valence electrons. The van der Waals surface area contributed by atoms with Crippen LogP contribution in [0.3, 0.4) is 0 Å². The standard InChI is InChI=1S/C28H33N/c1-7-9-10-13-24(5)29(28-14-11-12-23(4)21-28)25(6)17-20-26(8-2)27-18-15-22(3)16-19-27/h7-11,13-21,23H,1-2,12H2,3-6H3/b10-9-,24-13+,25-17+,26-20+. The zero-order valence-corrected chi connectivity index (χ0v) is 18.2. The number of benzene rings is 1. The minimum Gasteiger partial charge on any atom is -0.319 e. The summed E-state index contributed by atoms with van der Waals surface area (Å²) >= 11 is 0. The topological polar surface area (TPSA) is 3.24 Å². The molecule has 1 aromatic rings. The molecule has 2 rings (SSSR count). The summed E-state index contributed by atoms with van der Waals surface area (Å²) in [4.78, 5) is 2.30. The highest BCUT2D eigenvalue weighted by atomic mass is 15.2. The summed E-state index contributed by atoms with van der Waals surface area (Å²) in [5, 5.41) is 0. The molecule has 0 spiro atoms. The summed E-state index contributed by atoms with van der Waals surface area (Å²) in [7, 11) is 0. The molecule has 0 bridgehead atoms. The Balaban J connectivity index is 2.42. The lowest BCUT2D eigenvalue weighted by Gasteiger charge is -2.29. The Bertz CT molecular complexity index is 898. The van der Waals surface area contributed by atoms with E-state index in [-0.39, 0.29) is 0 Å². The van der Waals surface area contributed by atoms with Crippen molar-refractivity contribution in [3.63, 3.8) is 0 Å². The fourth-order valence-electron chi connectivity index (χ4n) is 3.31. The smallest absolute Gasteiger partial charge is 0.0414 e. The van der Waals surface area contributed by atoms with Crippen molar-refractivity contribution in [3.8, 4) is 0 Å². The minimum atomic E-state index is 0.536. The molecule has 0 fully saturated rings. The molecule has 0 amide bonds. The van der Waals surface area contributed by atoms with Gasteiger partial charge in [-0.15, -0.1) is 0 Å². The summed E-state index contributed by atoms with van der Waals surface area (Å²) in [6.45, 7) is 16.4. The number of hydrogen-bond acceptors (Lipinski definition) is 1. The largest absolute Gasteiger partial charge is 0.319 e. The maximum absolute atomic E-state index is 4.00. The van der Waals surface area contributed by atoms with E-state index in [1.54, 1.807) is 6.08 Å². The quantitative estimate of drug-likeness (QED) is 0.412. The van der Waals surface area contributed by atoms with Crippen molar-refractivity contribution in [2.75, 3.05) is 0 Å². The van der Waals surface area contributed by atoms with Crippen molar-refractivity contribution >= 4 is 5.57 Å². The zero-order chi connectivity index (χ0) is 21.2. The van der Waals surface area contributed by atoms with Crippen LogP contribution in [0.15, 0.2) is 115 Å². The van der Waals surface area contributed by atoms with Crippen LogP contribution in [0.2, 0.25) is 0 Å². The lowest BCUT2D eigenvalue weighted by Crippen LogP contribution is -2.20. The maximum atomic E-state index is 4.00. The van der Waals surface area contributed by atoms with Crippen LogP contribution in [-0.2, 0) is 0 Å². The van der Waals surface area contributed by atoms with Crippen LogP contribution >= 0.6 is 0 Å². The summed E-state index contributed by atoms with van der Waals surface area (Å²) in [6, 6.07) is 8.55. The van der Waals surface area contributed by atoms with Crippen LogP contribution in [0, 0.1) is 12.8 Å². The molecule has 0 radical (unpaired) electrons. The van der Waals surface area contributed by atoms with Crippen LogP contribution in [0.25, 0.3) is 5.57 Å². The fraction of sp³-hybridized carbons (Fsp3) is 0.214. The van der Waals surface area contributed by atoms with Crippen LogP contribution in [-0.4, -0.2) is 4.90 Å². The molecule has 1 nitrogen and oxygen atoms in total. The normalized spacial score (nSPS) is 18.0. The van der Waals surface area contributed by atoms with Gasteiger partial charge in [-0.3, -0.25) is 0 Å². The molecule has 0 saturated heterocycles. The molecule has 0 aromatic heterocycles. The van der Waals surface area contributed by atoms with Crippen molar-refractivity contribution < 1.29 is 0 Å². The Morgan fingerprint density at radius 3 is 2.31 bits per heavy atom. The first-order chi connectivity index (χ1) is 14.0. The van der Waals surface area contributed by atoms with Gasteiger partial charge in [-0.1, -0.05) is 92.4 Å². The Morgan fingerprint density at radius 2 is 1.69 bits per heavy atom. The minimum absolute atomic E-state index is 0.536. The summed E-state index contributed by atoms with van der Waals surface area (Å²) in [5.41, 5.74) is 7.07. The molecule has 0 saturated carbocycles. The first-order valence-corrected chi connectivity index (χ1v) is 10.2. The van der Waals surface area contributed by atoms with Crippen molar-refractivity contribution in [2.45, 2.75) is 34.1 Å². The molecule has 1 heteroatoms. The molecule has 1 aliphatic rings. The number of allylic oxidation sites excluding steroid dienone is 13. The van der Waals surface area contributed by atoms with Crippen molar-refractivity contribution in [1.29, 1.82) is 0 Å². The molecular weight excluding hydrogens is 350 g/mol. The molecule has 0 N–H and O–H groups in total. The highest BCUT2D eigenvalue weighted by molar-refractivity contribution is 5.74. The Hall–Kier alpha value is -3.06. The van der Waals surface area contributed by atoms with E-state index in [1.165, 1.54) is 16.8 Å². The zero-order valence-electron chi connectivity index (χ0n) is 18.2. The second-order valence-corrected chi connectivity index (χ2v) is 7.47. The van der Waals surface area contributed by atoms with Crippen molar-refractivity contribution in [2.24, 2.45) is 5.92 Å². The highest BCUT2D eigenvalue weighted by Gasteiger charge is 2.14. The Kier molecular flexibility index (Phi) is 8.48. The van der Waals surface area contributed by atoms with Gasteiger partial charge in [-0.25, -0.2) is 0 Å². The van der Waals surface area contributed by atoms with Gasteiger partial charge in [0, 0.05) is 17.1 Å². The van der Waals surface area contributed by atoms with Crippen LogP contribution in [0.4, 0.5) is 0 Å². The molecular formula is C28H33N. The van der Waals surface area contributed by atoms with E-state index in [0.29, 0.717) is 5.92 Å². The van der Waals surface area contributed by atoms with E-state index in [0.717, 1.165) is 23.4 Å².